The first kappa shape index (κ1) is 17.4. The molecule has 4 nitrogen and oxygen atoms in total. The van der Waals surface area contributed by atoms with Crippen LogP contribution in [0.15, 0.2) is 0 Å². The third-order valence-electron chi connectivity index (χ3n) is 4.74. The molecule has 0 aromatic rings. The Balaban J connectivity index is 2.41. The first-order valence-electron chi connectivity index (χ1n) is 8.15. The van der Waals surface area contributed by atoms with Gasteiger partial charge in [-0.2, -0.15) is 0 Å². The highest BCUT2D eigenvalue weighted by molar-refractivity contribution is 5.76. The molecule has 4 N–H and O–H groups in total. The molecule has 0 aromatic heterocycles. The summed E-state index contributed by atoms with van der Waals surface area (Å²) in [6.07, 6.45) is 7.65. The second-order valence-corrected chi connectivity index (χ2v) is 6.67. The minimum absolute atomic E-state index is 0.0646. The van der Waals surface area contributed by atoms with Crippen molar-refractivity contribution in [1.29, 1.82) is 0 Å². The van der Waals surface area contributed by atoms with Gasteiger partial charge in [0.15, 0.2) is 0 Å². The predicted molar refractivity (Wildman–Crippen MR) is 82.3 cm³/mol. The van der Waals surface area contributed by atoms with Crippen LogP contribution in [0.5, 0.6) is 0 Å². The van der Waals surface area contributed by atoms with Gasteiger partial charge in [0, 0.05) is 6.42 Å². The van der Waals surface area contributed by atoms with Gasteiger partial charge in [-0.1, -0.05) is 33.1 Å². The zero-order chi connectivity index (χ0) is 15.0. The molecule has 1 aliphatic rings. The van der Waals surface area contributed by atoms with E-state index in [1.54, 1.807) is 0 Å². The van der Waals surface area contributed by atoms with Crippen molar-refractivity contribution >= 4 is 5.91 Å². The minimum atomic E-state index is -0.351. The van der Waals surface area contributed by atoms with Gasteiger partial charge in [-0.3, -0.25) is 4.79 Å². The van der Waals surface area contributed by atoms with Crippen LogP contribution in [0.2, 0.25) is 0 Å². The van der Waals surface area contributed by atoms with Gasteiger partial charge in [-0.25, -0.2) is 0 Å². The molecule has 1 rings (SSSR count). The molecule has 1 atom stereocenters. The van der Waals surface area contributed by atoms with E-state index < -0.39 is 0 Å². The number of rotatable bonds is 8. The quantitative estimate of drug-likeness (QED) is 0.639. The van der Waals surface area contributed by atoms with Gasteiger partial charge in [-0.05, 0) is 44.1 Å². The molecule has 0 saturated heterocycles. The zero-order valence-corrected chi connectivity index (χ0v) is 13.2. The van der Waals surface area contributed by atoms with Crippen molar-refractivity contribution in [3.05, 3.63) is 0 Å². The molecule has 1 amide bonds. The van der Waals surface area contributed by atoms with Crippen LogP contribution in [0.3, 0.4) is 0 Å². The zero-order valence-electron chi connectivity index (χ0n) is 13.2. The first-order chi connectivity index (χ1) is 9.53. The Morgan fingerprint density at radius 2 is 1.90 bits per heavy atom. The standard InChI is InChI=1S/C16H32N2O2/c1-13(2)14(8-11-17)6-7-15(20)18-16(12-19)9-4-3-5-10-16/h13-14,19H,3-12,17H2,1-2H3,(H,18,20). The van der Waals surface area contributed by atoms with E-state index in [1.165, 1.54) is 6.42 Å². The highest BCUT2D eigenvalue weighted by Crippen LogP contribution is 2.28. The second kappa shape index (κ2) is 8.63. The van der Waals surface area contributed by atoms with Crippen molar-refractivity contribution in [3.63, 3.8) is 0 Å². The minimum Gasteiger partial charge on any atom is -0.394 e. The Morgan fingerprint density at radius 1 is 1.25 bits per heavy atom. The molecule has 4 heteroatoms. The monoisotopic (exact) mass is 284 g/mol. The lowest BCUT2D eigenvalue weighted by molar-refractivity contribution is -0.124. The van der Waals surface area contributed by atoms with Gasteiger partial charge in [0.1, 0.15) is 0 Å². The first-order valence-corrected chi connectivity index (χ1v) is 8.15. The second-order valence-electron chi connectivity index (χ2n) is 6.67. The van der Waals surface area contributed by atoms with E-state index in [0.29, 0.717) is 24.8 Å². The van der Waals surface area contributed by atoms with Gasteiger partial charge < -0.3 is 16.2 Å². The maximum absolute atomic E-state index is 12.2. The molecular weight excluding hydrogens is 252 g/mol. The van der Waals surface area contributed by atoms with Gasteiger partial charge in [0.25, 0.3) is 0 Å². The van der Waals surface area contributed by atoms with Crippen LogP contribution in [-0.2, 0) is 4.79 Å². The lowest BCUT2D eigenvalue weighted by Gasteiger charge is -2.36. The maximum atomic E-state index is 12.2. The Hall–Kier alpha value is -0.610. The molecule has 0 radical (unpaired) electrons. The third kappa shape index (κ3) is 5.41. The van der Waals surface area contributed by atoms with Crippen molar-refractivity contribution in [1.82, 2.24) is 5.32 Å². The molecule has 0 aromatic carbocycles. The van der Waals surface area contributed by atoms with Gasteiger partial charge >= 0.3 is 0 Å². The number of aliphatic hydroxyl groups is 1. The summed E-state index contributed by atoms with van der Waals surface area (Å²) in [5, 5.41) is 12.7. The van der Waals surface area contributed by atoms with Crippen molar-refractivity contribution in [3.8, 4) is 0 Å². The van der Waals surface area contributed by atoms with E-state index in [2.05, 4.69) is 19.2 Å². The Bertz CT molecular complexity index is 286. The van der Waals surface area contributed by atoms with Crippen LogP contribution < -0.4 is 11.1 Å². The van der Waals surface area contributed by atoms with E-state index in [4.69, 9.17) is 5.73 Å². The van der Waals surface area contributed by atoms with Crippen molar-refractivity contribution in [2.24, 2.45) is 17.6 Å². The molecule has 0 spiro atoms. The fourth-order valence-corrected chi connectivity index (χ4v) is 3.25. The highest BCUT2D eigenvalue weighted by Gasteiger charge is 2.32. The number of hydrogen-bond donors (Lipinski definition) is 3. The molecule has 0 bridgehead atoms. The Morgan fingerprint density at radius 3 is 2.40 bits per heavy atom. The molecular formula is C16H32N2O2. The molecule has 0 heterocycles. The van der Waals surface area contributed by atoms with E-state index in [1.807, 2.05) is 0 Å². The van der Waals surface area contributed by atoms with Gasteiger partial charge in [-0.15, -0.1) is 0 Å². The fourth-order valence-electron chi connectivity index (χ4n) is 3.25. The summed E-state index contributed by atoms with van der Waals surface area (Å²) in [6, 6.07) is 0. The smallest absolute Gasteiger partial charge is 0.220 e. The molecule has 1 saturated carbocycles. The maximum Gasteiger partial charge on any atom is 0.220 e. The van der Waals surface area contributed by atoms with Crippen LogP contribution in [-0.4, -0.2) is 29.7 Å². The van der Waals surface area contributed by atoms with Crippen LogP contribution in [0.1, 0.15) is 65.2 Å². The fraction of sp³-hybridized carbons (Fsp3) is 0.938. The Labute approximate surface area is 123 Å². The van der Waals surface area contributed by atoms with E-state index in [-0.39, 0.29) is 18.1 Å². The van der Waals surface area contributed by atoms with Crippen molar-refractivity contribution < 1.29 is 9.90 Å². The van der Waals surface area contributed by atoms with E-state index in [9.17, 15) is 9.90 Å². The normalized spacial score (nSPS) is 19.9. The third-order valence-corrected chi connectivity index (χ3v) is 4.74. The predicted octanol–water partition coefficient (Wildman–Crippen LogP) is 2.20. The molecule has 1 unspecified atom stereocenters. The summed E-state index contributed by atoms with van der Waals surface area (Å²) >= 11 is 0. The number of aliphatic hydroxyl groups excluding tert-OH is 1. The lowest BCUT2D eigenvalue weighted by atomic mass is 9.82. The van der Waals surface area contributed by atoms with E-state index >= 15 is 0 Å². The van der Waals surface area contributed by atoms with Crippen LogP contribution >= 0.6 is 0 Å². The highest BCUT2D eigenvalue weighted by atomic mass is 16.3. The number of nitrogens with one attached hydrogen (secondary N) is 1. The summed E-state index contributed by atoms with van der Waals surface area (Å²) in [4.78, 5) is 12.2. The van der Waals surface area contributed by atoms with Crippen molar-refractivity contribution in [2.45, 2.75) is 70.8 Å². The largest absolute Gasteiger partial charge is 0.394 e. The average Bonchev–Trinajstić information content (AvgIpc) is 2.44. The van der Waals surface area contributed by atoms with Crippen LogP contribution in [0.25, 0.3) is 0 Å². The molecule has 20 heavy (non-hydrogen) atoms. The van der Waals surface area contributed by atoms with Gasteiger partial charge in [0.2, 0.25) is 5.91 Å². The summed E-state index contributed by atoms with van der Waals surface area (Å²) in [7, 11) is 0. The number of carbonyl (C=O) groups excluding carboxylic acids is 1. The van der Waals surface area contributed by atoms with Crippen LogP contribution in [0.4, 0.5) is 0 Å². The average molecular weight is 284 g/mol. The summed E-state index contributed by atoms with van der Waals surface area (Å²) in [5.74, 6) is 1.17. The molecule has 1 fully saturated rings. The number of amides is 1. The number of hydrogen-bond acceptors (Lipinski definition) is 3. The van der Waals surface area contributed by atoms with Gasteiger partial charge in [0.05, 0.1) is 12.1 Å². The molecule has 1 aliphatic carbocycles. The van der Waals surface area contributed by atoms with E-state index in [0.717, 1.165) is 38.5 Å². The molecule has 0 aliphatic heterocycles. The van der Waals surface area contributed by atoms with Crippen LogP contribution in [0, 0.1) is 11.8 Å². The van der Waals surface area contributed by atoms with Crippen molar-refractivity contribution in [2.75, 3.05) is 13.2 Å². The summed E-state index contributed by atoms with van der Waals surface area (Å²) in [5.41, 5.74) is 5.28. The number of nitrogens with two attached hydrogens (primary N) is 1. The Kier molecular flexibility index (Phi) is 7.52. The summed E-state index contributed by atoms with van der Waals surface area (Å²) < 4.78 is 0. The number of carbonyl (C=O) groups is 1. The molecule has 118 valence electrons. The topological polar surface area (TPSA) is 75.4 Å². The lowest BCUT2D eigenvalue weighted by Crippen LogP contribution is -2.52. The summed E-state index contributed by atoms with van der Waals surface area (Å²) in [6.45, 7) is 5.13. The SMILES string of the molecule is CC(C)C(CCN)CCC(=O)NC1(CO)CCCCC1.